The molecule has 1 N–H and O–H groups in total. The van der Waals surface area contributed by atoms with E-state index in [0.29, 0.717) is 36.3 Å². The normalized spacial score (nSPS) is 23.7. The Kier molecular flexibility index (Phi) is 8.99. The van der Waals surface area contributed by atoms with E-state index < -0.39 is 18.4 Å². The van der Waals surface area contributed by atoms with Crippen LogP contribution in [-0.4, -0.2) is 126 Å². The van der Waals surface area contributed by atoms with Crippen LogP contribution in [0, 0.1) is 11.3 Å². The van der Waals surface area contributed by atoms with E-state index >= 15 is 4.39 Å². The number of carbonyl (C=O) groups is 1. The monoisotopic (exact) mass is 645 g/mol. The molecule has 2 amide bonds. The summed E-state index contributed by atoms with van der Waals surface area (Å²) in [6.45, 7) is 6.23. The summed E-state index contributed by atoms with van der Waals surface area (Å²) in [5, 5.41) is 13.1. The number of aromatic nitrogens is 3. The summed E-state index contributed by atoms with van der Waals surface area (Å²) in [6, 6.07) is 15.4. The molecule has 47 heavy (non-hydrogen) atoms. The Bertz CT molecular complexity index is 1610. The van der Waals surface area contributed by atoms with Gasteiger partial charge in [0.1, 0.15) is 30.4 Å². The molecule has 2 aromatic carbocycles. The molecule has 5 heterocycles. The topological polar surface area (TPSA) is 123 Å². The van der Waals surface area contributed by atoms with Crippen LogP contribution < -0.4 is 15.0 Å². The number of piperidine rings is 1. The van der Waals surface area contributed by atoms with Gasteiger partial charge in [0.2, 0.25) is 5.95 Å². The number of nitriles is 1. The molecule has 3 atom stereocenters. The Morgan fingerprint density at radius 2 is 1.72 bits per heavy atom. The van der Waals surface area contributed by atoms with Crippen molar-refractivity contribution >= 4 is 23.4 Å². The second-order valence-corrected chi connectivity index (χ2v) is 12.4. The number of likely N-dealkylation sites (tertiary alicyclic amines) is 2. The molecule has 3 aromatic rings. The first-order valence-electron chi connectivity index (χ1n) is 16.1. The summed E-state index contributed by atoms with van der Waals surface area (Å²) in [6.07, 6.45) is -1.34. The Morgan fingerprint density at radius 1 is 0.957 bits per heavy atom. The van der Waals surface area contributed by atoms with Gasteiger partial charge in [0.25, 0.3) is 0 Å². The number of hydrogen-bond donors (Lipinski definition) is 1. The highest BCUT2D eigenvalue weighted by Gasteiger charge is 2.37. The van der Waals surface area contributed by atoms with Crippen molar-refractivity contribution in [2.45, 2.75) is 37.3 Å². The molecule has 0 spiro atoms. The predicted molar refractivity (Wildman–Crippen MR) is 170 cm³/mol. The van der Waals surface area contributed by atoms with Crippen molar-refractivity contribution in [3.05, 3.63) is 54.4 Å². The van der Waals surface area contributed by atoms with E-state index in [9.17, 15) is 14.4 Å². The Labute approximate surface area is 271 Å². The molecule has 0 bridgehead atoms. The molecule has 7 rings (SSSR count). The van der Waals surface area contributed by atoms with E-state index in [1.54, 1.807) is 18.2 Å². The van der Waals surface area contributed by atoms with E-state index in [4.69, 9.17) is 9.47 Å². The molecule has 14 heteroatoms. The smallest absolute Gasteiger partial charge is 0.320 e. The van der Waals surface area contributed by atoms with Crippen LogP contribution in [-0.2, 0) is 4.74 Å². The van der Waals surface area contributed by atoms with Gasteiger partial charge in [0.05, 0.1) is 37.9 Å². The van der Waals surface area contributed by atoms with Gasteiger partial charge in [0.15, 0.2) is 12.0 Å². The lowest BCUT2D eigenvalue weighted by Crippen LogP contribution is -2.56. The van der Waals surface area contributed by atoms with E-state index in [0.717, 1.165) is 45.1 Å². The van der Waals surface area contributed by atoms with Gasteiger partial charge in [-0.1, -0.05) is 0 Å². The molecule has 246 valence electrons. The third-order valence-corrected chi connectivity index (χ3v) is 9.30. The summed E-state index contributed by atoms with van der Waals surface area (Å²) >= 11 is 0. The van der Waals surface area contributed by atoms with E-state index in [-0.39, 0.29) is 43.4 Å². The molecule has 1 aromatic heterocycles. The van der Waals surface area contributed by atoms with Gasteiger partial charge in [-0.2, -0.15) is 10.2 Å². The largest absolute Gasteiger partial charge is 0.486 e. The number of halogens is 2. The van der Waals surface area contributed by atoms with Crippen LogP contribution in [0.5, 0.6) is 5.75 Å². The number of hydrogen-bond acceptors (Lipinski definition) is 10. The van der Waals surface area contributed by atoms with Gasteiger partial charge in [-0.15, -0.1) is 0 Å². The van der Waals surface area contributed by atoms with E-state index in [2.05, 4.69) is 48.3 Å². The Hall–Kier alpha value is -4.61. The van der Waals surface area contributed by atoms with E-state index in [1.807, 2.05) is 12.1 Å². The maximum atomic E-state index is 15.1. The minimum Gasteiger partial charge on any atom is -0.486 e. The standard InChI is InChI=1S/C33H37F2N9O3/c34-24-7-9-43(17-24)33(45)44-10-8-30(28(35)18-44)47-29-6-1-22(15-23(29)16-36)31-37-21-38-32(40-31)39-25-2-4-26(5-3-25)41-11-13-42(14-12-41)27-19-46-20-27/h1-6,15,21,24,27-28,30H,7-14,17-20H2,(H,37,38,39,40)/t24?,28-,30+/m1/s1. The Morgan fingerprint density at radius 3 is 2.40 bits per heavy atom. The zero-order valence-corrected chi connectivity index (χ0v) is 26.0. The molecule has 12 nitrogen and oxygen atoms in total. The van der Waals surface area contributed by atoms with Crippen molar-refractivity contribution in [3.63, 3.8) is 0 Å². The van der Waals surface area contributed by atoms with Crippen LogP contribution in [0.2, 0.25) is 0 Å². The average Bonchev–Trinajstić information content (AvgIpc) is 3.51. The number of alkyl halides is 2. The van der Waals surface area contributed by atoms with E-state index in [1.165, 1.54) is 21.8 Å². The maximum Gasteiger partial charge on any atom is 0.320 e. The van der Waals surface area contributed by atoms with Crippen LogP contribution in [0.3, 0.4) is 0 Å². The van der Waals surface area contributed by atoms with Gasteiger partial charge in [0, 0.05) is 62.6 Å². The van der Waals surface area contributed by atoms with Crippen molar-refractivity contribution in [2.75, 3.05) is 75.8 Å². The number of ether oxygens (including phenoxy) is 2. The first-order valence-corrected chi connectivity index (χ1v) is 16.1. The molecule has 1 unspecified atom stereocenters. The third-order valence-electron chi connectivity index (χ3n) is 9.30. The molecule has 0 aliphatic carbocycles. The van der Waals surface area contributed by atoms with Crippen LogP contribution in [0.25, 0.3) is 11.4 Å². The van der Waals surface area contributed by atoms with Crippen molar-refractivity contribution in [1.29, 1.82) is 5.26 Å². The number of amides is 2. The molecule has 4 aliphatic rings. The molecule has 4 fully saturated rings. The zero-order valence-electron chi connectivity index (χ0n) is 26.0. The van der Waals surface area contributed by atoms with Crippen molar-refractivity contribution in [2.24, 2.45) is 0 Å². The number of nitrogens with zero attached hydrogens (tertiary/aromatic N) is 8. The fourth-order valence-electron chi connectivity index (χ4n) is 6.46. The van der Waals surface area contributed by atoms with Crippen molar-refractivity contribution < 1.29 is 23.0 Å². The first kappa shape index (κ1) is 31.0. The number of carbonyl (C=O) groups excluding carboxylic acids is 1. The number of urea groups is 1. The van der Waals surface area contributed by atoms with Crippen LogP contribution in [0.1, 0.15) is 18.4 Å². The summed E-state index contributed by atoms with van der Waals surface area (Å²) in [7, 11) is 0. The lowest BCUT2D eigenvalue weighted by atomic mass is 10.1. The fraction of sp³-hybridized carbons (Fsp3) is 0.485. The minimum atomic E-state index is -1.45. The highest BCUT2D eigenvalue weighted by atomic mass is 19.1. The SMILES string of the molecule is N#Cc1cc(-c2ncnc(Nc3ccc(N4CCN(C5COC5)CC4)cc3)n2)ccc1O[C@H]1CCN(C(=O)N2CCC(F)C2)C[C@H]1F. The second-order valence-electron chi connectivity index (χ2n) is 12.4. The lowest BCUT2D eigenvalue weighted by Gasteiger charge is -2.43. The molecule has 0 radical (unpaired) electrons. The third kappa shape index (κ3) is 6.91. The minimum absolute atomic E-state index is 0.0470. The summed E-state index contributed by atoms with van der Waals surface area (Å²) < 4.78 is 40.0. The summed E-state index contributed by atoms with van der Waals surface area (Å²) in [5.41, 5.74) is 2.79. The average molecular weight is 646 g/mol. The first-order chi connectivity index (χ1) is 22.9. The molecular weight excluding hydrogens is 608 g/mol. The van der Waals surface area contributed by atoms with Crippen molar-refractivity contribution in [1.82, 2.24) is 29.7 Å². The Balaban J connectivity index is 0.955. The van der Waals surface area contributed by atoms with Crippen molar-refractivity contribution in [3.8, 4) is 23.2 Å². The highest BCUT2D eigenvalue weighted by molar-refractivity contribution is 5.75. The van der Waals surface area contributed by atoms with Crippen LogP contribution in [0.15, 0.2) is 48.8 Å². The highest BCUT2D eigenvalue weighted by Crippen LogP contribution is 2.29. The molecule has 4 aliphatic heterocycles. The zero-order chi connectivity index (χ0) is 32.3. The summed E-state index contributed by atoms with van der Waals surface area (Å²) in [4.78, 5) is 33.5. The maximum absolute atomic E-state index is 15.1. The number of benzene rings is 2. The van der Waals surface area contributed by atoms with Crippen LogP contribution in [0.4, 0.5) is 30.9 Å². The van der Waals surface area contributed by atoms with Gasteiger partial charge in [-0.3, -0.25) is 4.90 Å². The number of piperazine rings is 1. The van der Waals surface area contributed by atoms with Gasteiger partial charge < -0.3 is 29.5 Å². The fourth-order valence-corrected chi connectivity index (χ4v) is 6.46. The van der Waals surface area contributed by atoms with Gasteiger partial charge >= 0.3 is 6.03 Å². The summed E-state index contributed by atoms with van der Waals surface area (Å²) in [5.74, 6) is 0.967. The number of nitrogens with one attached hydrogen (secondary N) is 1. The number of rotatable bonds is 7. The second kappa shape index (κ2) is 13.6. The predicted octanol–water partition coefficient (Wildman–Crippen LogP) is 3.63. The lowest BCUT2D eigenvalue weighted by molar-refractivity contribution is -0.0660. The molecule has 0 saturated carbocycles. The molecular formula is C33H37F2N9O3. The van der Waals surface area contributed by atoms with Gasteiger partial charge in [-0.25, -0.2) is 23.5 Å². The number of anilines is 3. The van der Waals surface area contributed by atoms with Gasteiger partial charge in [-0.05, 0) is 48.9 Å². The quantitative estimate of drug-likeness (QED) is 0.408. The molecule has 4 saturated heterocycles. The van der Waals surface area contributed by atoms with Crippen LogP contribution >= 0.6 is 0 Å².